The number of carbonyl (C=O) groups excluding carboxylic acids is 2. The van der Waals surface area contributed by atoms with Crippen molar-refractivity contribution in [1.82, 2.24) is 10.2 Å². The van der Waals surface area contributed by atoms with Gasteiger partial charge >= 0.3 is 88.7 Å². The smallest absolute Gasteiger partial charge is 0.844 e. The summed E-state index contributed by atoms with van der Waals surface area (Å²) in [7, 11) is 0. The molecule has 2 amide bonds. The molecule has 1 saturated heterocycles. The van der Waals surface area contributed by atoms with Crippen LogP contribution in [0.1, 0.15) is 19.3 Å². The van der Waals surface area contributed by atoms with Gasteiger partial charge in [-0.2, -0.15) is 24.4 Å². The summed E-state index contributed by atoms with van der Waals surface area (Å²) in [4.78, 5) is 50.5. The fourth-order valence-corrected chi connectivity index (χ4v) is 1.60. The van der Waals surface area contributed by atoms with Gasteiger partial charge in [0.15, 0.2) is 0 Å². The van der Waals surface area contributed by atoms with E-state index in [4.69, 9.17) is 14.7 Å². The Balaban J connectivity index is -0.0000000530. The molecule has 1 heterocycles. The monoisotopic (exact) mass is 450 g/mol. The van der Waals surface area contributed by atoms with Gasteiger partial charge in [0, 0.05) is 31.7 Å². The molecular formula is C9H22N2Na3O8PS2. The first kappa shape index (κ1) is 46.2. The zero-order valence-corrected chi connectivity index (χ0v) is 23.3. The number of imide groups is 1. The molecule has 0 spiro atoms. The van der Waals surface area contributed by atoms with Crippen LogP contribution in [0.25, 0.3) is 0 Å². The molecule has 136 valence electrons. The van der Waals surface area contributed by atoms with Crippen LogP contribution in [0.5, 0.6) is 0 Å². The van der Waals surface area contributed by atoms with Crippen molar-refractivity contribution in [2.45, 2.75) is 19.3 Å². The third-order valence-electron chi connectivity index (χ3n) is 2.18. The van der Waals surface area contributed by atoms with Crippen molar-refractivity contribution in [3.8, 4) is 0 Å². The molecule has 1 aliphatic heterocycles. The fraction of sp³-hybridized carbons (Fsp3) is 0.778. The van der Waals surface area contributed by atoms with Crippen molar-refractivity contribution in [2.24, 2.45) is 0 Å². The van der Waals surface area contributed by atoms with E-state index in [-0.39, 0.29) is 117 Å². The van der Waals surface area contributed by atoms with Crippen molar-refractivity contribution in [1.29, 1.82) is 0 Å². The minimum atomic E-state index is -4.56. The van der Waals surface area contributed by atoms with Gasteiger partial charge in [0.1, 0.15) is 0 Å². The van der Waals surface area contributed by atoms with Crippen LogP contribution in [0.4, 0.5) is 0 Å². The van der Waals surface area contributed by atoms with Gasteiger partial charge in [0.25, 0.3) is 0 Å². The first-order valence-corrected chi connectivity index (χ1v) is 8.82. The third-order valence-corrected chi connectivity index (χ3v) is 2.40. The molecule has 0 aliphatic carbocycles. The van der Waals surface area contributed by atoms with Crippen LogP contribution in [0, 0.1) is 0 Å². The van der Waals surface area contributed by atoms with E-state index in [1.165, 1.54) is 4.90 Å². The van der Waals surface area contributed by atoms with Crippen LogP contribution in [-0.4, -0.2) is 58.5 Å². The molecular weight excluding hydrogens is 428 g/mol. The minimum Gasteiger partial charge on any atom is -0.844 e. The average molecular weight is 450 g/mol. The SMILES string of the molecule is O.O.O.O=C1CCC(=O)N1CCCNCCS.[Na+].[Na+].[Na+].[O-]P([O-])([O-])=S. The number of thiol groups is 1. The second-order valence-corrected chi connectivity index (χ2v) is 6.40. The van der Waals surface area contributed by atoms with Crippen molar-refractivity contribution in [2.75, 3.05) is 25.4 Å². The van der Waals surface area contributed by atoms with Crippen LogP contribution < -0.4 is 109 Å². The molecule has 16 heteroatoms. The van der Waals surface area contributed by atoms with E-state index in [1.54, 1.807) is 0 Å². The molecule has 7 N–H and O–H groups in total. The number of nitrogens with zero attached hydrogens (tertiary/aromatic N) is 1. The van der Waals surface area contributed by atoms with Gasteiger partial charge in [0.2, 0.25) is 11.8 Å². The fourth-order valence-electron chi connectivity index (χ4n) is 1.44. The maximum Gasteiger partial charge on any atom is 1.00 e. The van der Waals surface area contributed by atoms with E-state index in [0.29, 0.717) is 19.4 Å². The Bertz CT molecular complexity index is 343. The molecule has 10 nitrogen and oxygen atoms in total. The van der Waals surface area contributed by atoms with Crippen LogP contribution in [0.15, 0.2) is 0 Å². The Morgan fingerprint density at radius 3 is 1.68 bits per heavy atom. The molecule has 0 bridgehead atoms. The van der Waals surface area contributed by atoms with Gasteiger partial charge in [0.05, 0.1) is 0 Å². The summed E-state index contributed by atoms with van der Waals surface area (Å²) in [6.07, 6.45) is 1.61. The molecule has 1 fully saturated rings. The van der Waals surface area contributed by atoms with Crippen molar-refractivity contribution >= 4 is 43.0 Å². The predicted molar refractivity (Wildman–Crippen MR) is 82.4 cm³/mol. The second-order valence-electron chi connectivity index (χ2n) is 3.71. The Morgan fingerprint density at radius 2 is 1.36 bits per heavy atom. The molecule has 1 rings (SSSR count). The Kier molecular flexibility index (Phi) is 49.6. The molecule has 1 aliphatic rings. The quantitative estimate of drug-likeness (QED) is 0.131. The molecule has 0 radical (unpaired) electrons. The first-order valence-electron chi connectivity index (χ1n) is 5.63. The normalized spacial score (nSPS) is 11.8. The number of rotatable bonds is 6. The first-order chi connectivity index (χ1) is 8.75. The van der Waals surface area contributed by atoms with E-state index in [0.717, 1.165) is 25.3 Å². The number of hydrogen-bond acceptors (Lipinski definition) is 8. The summed E-state index contributed by atoms with van der Waals surface area (Å²) in [6, 6.07) is 0. The topological polar surface area (TPSA) is 213 Å². The zero-order chi connectivity index (χ0) is 14.9. The molecule has 0 saturated carbocycles. The maximum absolute atomic E-state index is 11.2. The van der Waals surface area contributed by atoms with Gasteiger partial charge in [-0.1, -0.05) is 0 Å². The molecule has 0 unspecified atom stereocenters. The number of amides is 2. The van der Waals surface area contributed by atoms with Gasteiger partial charge in [-0.15, -0.1) is 0 Å². The summed E-state index contributed by atoms with van der Waals surface area (Å²) >= 11 is 7.33. The van der Waals surface area contributed by atoms with E-state index < -0.39 is 6.72 Å². The molecule has 0 aromatic rings. The summed E-state index contributed by atoms with van der Waals surface area (Å²) < 4.78 is 0. The van der Waals surface area contributed by atoms with E-state index in [9.17, 15) is 9.59 Å². The Morgan fingerprint density at radius 1 is 1.00 bits per heavy atom. The van der Waals surface area contributed by atoms with E-state index >= 15 is 0 Å². The van der Waals surface area contributed by atoms with Crippen molar-refractivity contribution < 1.29 is 129 Å². The molecule has 0 atom stereocenters. The van der Waals surface area contributed by atoms with Crippen LogP contribution >= 0.6 is 19.3 Å². The number of hydrogen-bond donors (Lipinski definition) is 2. The molecule has 0 aromatic heterocycles. The predicted octanol–water partition coefficient (Wildman–Crippen LogP) is -14.1. The Labute approximate surface area is 224 Å². The minimum absolute atomic E-state index is 0. The van der Waals surface area contributed by atoms with Gasteiger partial charge < -0.3 is 43.1 Å². The standard InChI is InChI=1S/C9H16N2O2S.3Na.H3O3PS.3H2O/c12-8-2-3-9(13)11(8)6-1-4-10-5-7-14;;;;1-4(2,3)5;;;/h10,14H,1-7H2;;;;(H3,1,2,3,5);3*1H2/q;3*+1;;;;/p-3. The maximum atomic E-state index is 11.2. The van der Waals surface area contributed by atoms with Crippen molar-refractivity contribution in [3.63, 3.8) is 0 Å². The summed E-state index contributed by atoms with van der Waals surface area (Å²) in [5.74, 6) is 0.759. The second kappa shape index (κ2) is 26.9. The summed E-state index contributed by atoms with van der Waals surface area (Å²) in [5, 5.41) is 3.16. The number of nitrogens with one attached hydrogen (secondary N) is 1. The van der Waals surface area contributed by atoms with Crippen molar-refractivity contribution in [3.05, 3.63) is 0 Å². The van der Waals surface area contributed by atoms with E-state index in [2.05, 4.69) is 29.8 Å². The van der Waals surface area contributed by atoms with Gasteiger partial charge in [-0.3, -0.25) is 14.5 Å². The zero-order valence-electron chi connectivity index (χ0n) is 14.7. The van der Waals surface area contributed by atoms with Crippen LogP contribution in [0.3, 0.4) is 0 Å². The number of carbonyl (C=O) groups is 2. The number of likely N-dealkylation sites (tertiary alicyclic amines) is 1. The average Bonchev–Trinajstić information content (AvgIpc) is 2.57. The molecule has 25 heavy (non-hydrogen) atoms. The van der Waals surface area contributed by atoms with Gasteiger partial charge in [-0.25, -0.2) is 0 Å². The molecule has 0 aromatic carbocycles. The largest absolute Gasteiger partial charge is 1.00 e. The Hall–Kier alpha value is 2.86. The summed E-state index contributed by atoms with van der Waals surface area (Å²) in [5.41, 5.74) is 0. The third kappa shape index (κ3) is 31.8. The van der Waals surface area contributed by atoms with Gasteiger partial charge in [-0.05, 0) is 13.0 Å². The van der Waals surface area contributed by atoms with E-state index in [1.807, 2.05) is 0 Å². The van der Waals surface area contributed by atoms with Crippen LogP contribution in [-0.2, 0) is 21.4 Å². The summed E-state index contributed by atoms with van der Waals surface area (Å²) in [6.45, 7) is -2.31. The van der Waals surface area contributed by atoms with Crippen LogP contribution in [0.2, 0.25) is 0 Å².